The van der Waals surface area contributed by atoms with Crippen LogP contribution in [0.1, 0.15) is 0 Å². The zero-order valence-corrected chi connectivity index (χ0v) is 26.7. The lowest BCUT2D eigenvalue weighted by Crippen LogP contribution is -2.03. The van der Waals surface area contributed by atoms with Crippen molar-refractivity contribution in [3.63, 3.8) is 0 Å². The SMILES string of the molecule is c1ccc2c(c1)-c1cccc3c1c-2cc1c3c2c3ccccc3ccc2n1-c1nc(-c2ccc3ccccc3c2)c2oc3ccccc3c2n1. The van der Waals surface area contributed by atoms with Crippen LogP contribution in [0.4, 0.5) is 0 Å². The number of nitrogens with zero attached hydrogens (tertiary/aromatic N) is 3. The molecule has 0 atom stereocenters. The van der Waals surface area contributed by atoms with E-state index in [1.165, 1.54) is 60.0 Å². The van der Waals surface area contributed by atoms with E-state index in [1.807, 2.05) is 18.2 Å². The first-order valence-electron chi connectivity index (χ1n) is 17.0. The molecule has 1 aliphatic carbocycles. The fourth-order valence-electron chi connectivity index (χ4n) is 8.56. The van der Waals surface area contributed by atoms with E-state index >= 15 is 0 Å². The maximum absolute atomic E-state index is 6.56. The van der Waals surface area contributed by atoms with E-state index in [4.69, 9.17) is 14.4 Å². The molecule has 0 saturated carbocycles. The van der Waals surface area contributed by atoms with Crippen LogP contribution in [0.25, 0.3) is 116 Å². The predicted molar refractivity (Wildman–Crippen MR) is 206 cm³/mol. The Morgan fingerprint density at radius 1 is 0.440 bits per heavy atom. The van der Waals surface area contributed by atoms with Gasteiger partial charge >= 0.3 is 0 Å². The number of rotatable bonds is 2. The fourth-order valence-corrected chi connectivity index (χ4v) is 8.56. The lowest BCUT2D eigenvalue weighted by atomic mass is 9.96. The summed E-state index contributed by atoms with van der Waals surface area (Å²) in [5.74, 6) is 0.622. The second-order valence-electron chi connectivity index (χ2n) is 13.3. The minimum Gasteiger partial charge on any atom is -0.452 e. The van der Waals surface area contributed by atoms with E-state index in [0.717, 1.165) is 44.2 Å². The molecule has 3 heterocycles. The maximum atomic E-state index is 6.56. The van der Waals surface area contributed by atoms with Gasteiger partial charge < -0.3 is 4.42 Å². The minimum atomic E-state index is 0.622. The zero-order chi connectivity index (χ0) is 32.5. The number of hydrogen-bond donors (Lipinski definition) is 0. The van der Waals surface area contributed by atoms with Gasteiger partial charge in [0.05, 0.1) is 11.0 Å². The van der Waals surface area contributed by atoms with E-state index in [0.29, 0.717) is 11.5 Å². The molecular formula is C46H25N3O. The molecule has 0 radical (unpaired) electrons. The Labute approximate surface area is 285 Å². The molecule has 230 valence electrons. The van der Waals surface area contributed by atoms with Crippen molar-refractivity contribution >= 4 is 76.2 Å². The first-order valence-corrected chi connectivity index (χ1v) is 17.0. The fraction of sp³-hybridized carbons (Fsp3) is 0. The van der Waals surface area contributed by atoms with Gasteiger partial charge in [0.2, 0.25) is 5.95 Å². The van der Waals surface area contributed by atoms with Crippen molar-refractivity contribution < 1.29 is 4.42 Å². The molecular weight excluding hydrogens is 611 g/mol. The van der Waals surface area contributed by atoms with Gasteiger partial charge in [-0.1, -0.05) is 121 Å². The van der Waals surface area contributed by atoms with Gasteiger partial charge in [-0.05, 0) is 84.9 Å². The Hall–Kier alpha value is -6.78. The second kappa shape index (κ2) is 9.43. The molecule has 4 nitrogen and oxygen atoms in total. The monoisotopic (exact) mass is 635 g/mol. The van der Waals surface area contributed by atoms with Crippen LogP contribution in [-0.4, -0.2) is 14.5 Å². The van der Waals surface area contributed by atoms with Crippen molar-refractivity contribution in [2.45, 2.75) is 0 Å². The van der Waals surface area contributed by atoms with Crippen molar-refractivity contribution in [1.29, 1.82) is 0 Å². The van der Waals surface area contributed by atoms with Crippen molar-refractivity contribution in [2.75, 3.05) is 0 Å². The summed E-state index contributed by atoms with van der Waals surface area (Å²) in [6, 6.07) is 54.2. The standard InChI is InChI=1S/C46H25N3O/c1-2-12-28-24-29(21-20-26(28)10-1)43-45-44(34-16-7-8-19-39(34)50-45)48-46(47-43)49-37-23-22-27-11-3-4-13-30(27)41(37)42-35-18-9-17-33-31-14-5-6-15-32(31)36(40(33)35)25-38(42)49/h1-25H. The van der Waals surface area contributed by atoms with Crippen LogP contribution in [0.5, 0.6) is 0 Å². The number of benzene rings is 8. The number of furan rings is 1. The summed E-state index contributed by atoms with van der Waals surface area (Å²) >= 11 is 0. The largest absolute Gasteiger partial charge is 0.452 e. The molecule has 0 saturated heterocycles. The molecule has 0 amide bonds. The Morgan fingerprint density at radius 2 is 1.12 bits per heavy atom. The van der Waals surface area contributed by atoms with Gasteiger partial charge in [0.25, 0.3) is 0 Å². The first kappa shape index (κ1) is 26.2. The second-order valence-corrected chi connectivity index (χ2v) is 13.3. The molecule has 12 rings (SSSR count). The summed E-state index contributed by atoms with van der Waals surface area (Å²) in [5.41, 5.74) is 11.3. The Balaban J connectivity index is 1.28. The smallest absolute Gasteiger partial charge is 0.236 e. The van der Waals surface area contributed by atoms with Crippen molar-refractivity contribution in [2.24, 2.45) is 0 Å². The molecule has 0 bridgehead atoms. The topological polar surface area (TPSA) is 43.9 Å². The van der Waals surface area contributed by atoms with Gasteiger partial charge in [-0.2, -0.15) is 0 Å². The zero-order valence-electron chi connectivity index (χ0n) is 26.7. The summed E-state index contributed by atoms with van der Waals surface area (Å²) in [7, 11) is 0. The number of aromatic nitrogens is 3. The molecule has 11 aromatic rings. The van der Waals surface area contributed by atoms with Crippen LogP contribution in [0, 0.1) is 0 Å². The van der Waals surface area contributed by atoms with Crippen molar-refractivity contribution in [3.8, 4) is 39.5 Å². The maximum Gasteiger partial charge on any atom is 0.236 e. The van der Waals surface area contributed by atoms with Crippen LogP contribution >= 0.6 is 0 Å². The van der Waals surface area contributed by atoms with E-state index in [1.54, 1.807) is 0 Å². The first-order chi connectivity index (χ1) is 24.8. The Bertz CT molecular complexity index is 3270. The van der Waals surface area contributed by atoms with Gasteiger partial charge in [-0.3, -0.25) is 4.57 Å². The minimum absolute atomic E-state index is 0.622. The number of fused-ring (bicyclic) bond motifs is 13. The van der Waals surface area contributed by atoms with Crippen LogP contribution in [0.15, 0.2) is 156 Å². The summed E-state index contributed by atoms with van der Waals surface area (Å²) in [6.45, 7) is 0. The van der Waals surface area contributed by atoms with Crippen LogP contribution in [0.3, 0.4) is 0 Å². The molecule has 0 N–H and O–H groups in total. The number of hydrogen-bond acceptors (Lipinski definition) is 3. The highest BCUT2D eigenvalue weighted by Crippen LogP contribution is 2.52. The molecule has 1 aliphatic rings. The summed E-state index contributed by atoms with van der Waals surface area (Å²) < 4.78 is 8.85. The quantitative estimate of drug-likeness (QED) is 0.190. The molecule has 0 fully saturated rings. The Morgan fingerprint density at radius 3 is 2.02 bits per heavy atom. The molecule has 4 heteroatoms. The van der Waals surface area contributed by atoms with Gasteiger partial charge in [0.15, 0.2) is 5.58 Å². The van der Waals surface area contributed by atoms with Crippen LogP contribution < -0.4 is 0 Å². The van der Waals surface area contributed by atoms with Crippen LogP contribution in [0.2, 0.25) is 0 Å². The molecule has 0 spiro atoms. The summed E-state index contributed by atoms with van der Waals surface area (Å²) in [4.78, 5) is 10.8. The molecule has 0 aliphatic heterocycles. The summed E-state index contributed by atoms with van der Waals surface area (Å²) in [5, 5.41) is 10.7. The third kappa shape index (κ3) is 3.34. The van der Waals surface area contributed by atoms with Crippen molar-refractivity contribution in [1.82, 2.24) is 14.5 Å². The highest BCUT2D eigenvalue weighted by molar-refractivity contribution is 6.33. The predicted octanol–water partition coefficient (Wildman–Crippen LogP) is 12.2. The van der Waals surface area contributed by atoms with Gasteiger partial charge in [0.1, 0.15) is 16.8 Å². The van der Waals surface area contributed by atoms with E-state index in [2.05, 4.69) is 138 Å². The molecule has 0 unspecified atom stereocenters. The normalized spacial score (nSPS) is 12.4. The van der Waals surface area contributed by atoms with Crippen LogP contribution in [-0.2, 0) is 0 Å². The summed E-state index contributed by atoms with van der Waals surface area (Å²) in [6.07, 6.45) is 0. The highest BCUT2D eigenvalue weighted by Gasteiger charge is 2.27. The van der Waals surface area contributed by atoms with E-state index in [-0.39, 0.29) is 0 Å². The molecule has 8 aromatic carbocycles. The van der Waals surface area contributed by atoms with Gasteiger partial charge in [-0.15, -0.1) is 0 Å². The highest BCUT2D eigenvalue weighted by atomic mass is 16.3. The lowest BCUT2D eigenvalue weighted by molar-refractivity contribution is 0.666. The molecule has 3 aromatic heterocycles. The van der Waals surface area contributed by atoms with Gasteiger partial charge in [-0.25, -0.2) is 9.97 Å². The molecule has 50 heavy (non-hydrogen) atoms. The van der Waals surface area contributed by atoms with E-state index < -0.39 is 0 Å². The van der Waals surface area contributed by atoms with E-state index in [9.17, 15) is 0 Å². The third-order valence-electron chi connectivity index (χ3n) is 10.7. The number of para-hydroxylation sites is 1. The Kier molecular flexibility index (Phi) is 4.94. The van der Waals surface area contributed by atoms with Gasteiger partial charge in [0, 0.05) is 21.7 Å². The lowest BCUT2D eigenvalue weighted by Gasteiger charge is -2.11. The average Bonchev–Trinajstić information content (AvgIpc) is 3.83. The van der Waals surface area contributed by atoms with Crippen molar-refractivity contribution in [3.05, 3.63) is 152 Å². The third-order valence-corrected chi connectivity index (χ3v) is 10.7. The average molecular weight is 636 g/mol.